The molecule has 1 fully saturated rings. The number of rotatable bonds is 4. The highest BCUT2D eigenvalue weighted by Crippen LogP contribution is 2.24. The average Bonchev–Trinajstić information content (AvgIpc) is 2.28. The van der Waals surface area contributed by atoms with Gasteiger partial charge >= 0.3 is 0 Å². The van der Waals surface area contributed by atoms with E-state index >= 15 is 0 Å². The molecule has 2 rings (SSSR count). The van der Waals surface area contributed by atoms with Gasteiger partial charge in [0.2, 0.25) is 5.95 Å². The highest BCUT2D eigenvalue weighted by molar-refractivity contribution is 5.52. The molecule has 1 unspecified atom stereocenters. The van der Waals surface area contributed by atoms with Crippen LogP contribution in [0, 0.1) is 0 Å². The maximum atomic E-state index is 5.70. The Hall–Kier alpha value is -1.56. The quantitative estimate of drug-likeness (QED) is 0.751. The molecule has 0 bridgehead atoms. The number of hydrogen-bond acceptors (Lipinski definition) is 6. The fourth-order valence-electron chi connectivity index (χ4n) is 2.14. The number of anilines is 3. The van der Waals surface area contributed by atoms with Crippen molar-refractivity contribution in [3.05, 3.63) is 6.07 Å². The zero-order valence-electron chi connectivity index (χ0n) is 11.0. The largest absolute Gasteiger partial charge is 0.379 e. The Morgan fingerprint density at radius 2 is 2.22 bits per heavy atom. The number of nitrogen functional groups attached to an aromatic ring is 1. The second kappa shape index (κ2) is 5.39. The summed E-state index contributed by atoms with van der Waals surface area (Å²) in [5.41, 5.74) is 5.62. The van der Waals surface area contributed by atoms with Crippen LogP contribution in [0.25, 0.3) is 0 Å². The van der Waals surface area contributed by atoms with Gasteiger partial charge in [-0.25, -0.2) is 0 Å². The molecular weight excluding hydrogens is 230 g/mol. The minimum absolute atomic E-state index is 0.0808. The fraction of sp³-hybridized carbons (Fsp3) is 0.667. The number of aromatic nitrogens is 2. The zero-order chi connectivity index (χ0) is 13.0. The topological polar surface area (TPSA) is 85.1 Å². The number of nitrogens with one attached hydrogen (secondary N) is 2. The van der Waals surface area contributed by atoms with E-state index in [0.29, 0.717) is 6.61 Å². The molecule has 1 atom stereocenters. The molecule has 1 saturated heterocycles. The third-order valence-electron chi connectivity index (χ3n) is 2.97. The summed E-state index contributed by atoms with van der Waals surface area (Å²) in [7, 11) is 0. The van der Waals surface area contributed by atoms with Crippen LogP contribution in [0.15, 0.2) is 6.07 Å². The molecule has 4 N–H and O–H groups in total. The van der Waals surface area contributed by atoms with E-state index < -0.39 is 0 Å². The van der Waals surface area contributed by atoms with E-state index in [-0.39, 0.29) is 11.5 Å². The van der Waals surface area contributed by atoms with Crippen LogP contribution >= 0.6 is 0 Å². The lowest BCUT2D eigenvalue weighted by Gasteiger charge is -2.34. The van der Waals surface area contributed by atoms with Gasteiger partial charge in [0.15, 0.2) is 0 Å². The maximum absolute atomic E-state index is 5.70. The predicted molar refractivity (Wildman–Crippen MR) is 72.7 cm³/mol. The van der Waals surface area contributed by atoms with Gasteiger partial charge in [0.25, 0.3) is 0 Å². The molecule has 0 aromatic carbocycles. The van der Waals surface area contributed by atoms with E-state index in [4.69, 9.17) is 10.5 Å². The van der Waals surface area contributed by atoms with E-state index in [0.717, 1.165) is 37.6 Å². The molecule has 1 aliphatic rings. The first-order valence-corrected chi connectivity index (χ1v) is 6.36. The van der Waals surface area contributed by atoms with Crippen molar-refractivity contribution in [3.8, 4) is 0 Å². The molecule has 0 saturated carbocycles. The van der Waals surface area contributed by atoms with Crippen molar-refractivity contribution in [2.45, 2.75) is 32.2 Å². The first kappa shape index (κ1) is 12.9. The van der Waals surface area contributed by atoms with Crippen LogP contribution in [-0.2, 0) is 4.74 Å². The summed E-state index contributed by atoms with van der Waals surface area (Å²) in [5.74, 6) is 1.76. The van der Waals surface area contributed by atoms with Crippen molar-refractivity contribution in [1.29, 1.82) is 0 Å². The van der Waals surface area contributed by atoms with E-state index in [1.807, 2.05) is 13.0 Å². The minimum Gasteiger partial charge on any atom is -0.379 e. The Morgan fingerprint density at radius 3 is 2.89 bits per heavy atom. The standard InChI is InChI=1S/C12H21N5O/c1-3-14-9-7-10(16-11(13)15-9)17-12(2)5-4-6-18-8-12/h7H,3-6,8H2,1-2H3,(H4,13,14,15,16,17). The molecule has 0 radical (unpaired) electrons. The number of nitrogens with two attached hydrogens (primary N) is 1. The predicted octanol–water partition coefficient (Wildman–Crippen LogP) is 1.47. The third-order valence-corrected chi connectivity index (χ3v) is 2.97. The average molecular weight is 251 g/mol. The summed E-state index contributed by atoms with van der Waals surface area (Å²) in [5, 5.41) is 6.54. The van der Waals surface area contributed by atoms with Gasteiger partial charge in [-0.15, -0.1) is 0 Å². The van der Waals surface area contributed by atoms with Gasteiger partial charge in [0.1, 0.15) is 11.6 Å². The third kappa shape index (κ3) is 3.22. The van der Waals surface area contributed by atoms with Crippen LogP contribution < -0.4 is 16.4 Å². The summed E-state index contributed by atoms with van der Waals surface area (Å²) in [6, 6.07) is 1.87. The van der Waals surface area contributed by atoms with Gasteiger partial charge in [0, 0.05) is 19.2 Å². The lowest BCUT2D eigenvalue weighted by molar-refractivity contribution is 0.0539. The highest BCUT2D eigenvalue weighted by Gasteiger charge is 2.27. The molecule has 0 amide bonds. The van der Waals surface area contributed by atoms with Crippen LogP contribution in [0.4, 0.5) is 17.6 Å². The lowest BCUT2D eigenvalue weighted by Crippen LogP contribution is -2.43. The molecule has 1 aromatic heterocycles. The Labute approximate surface area is 107 Å². The Kier molecular flexibility index (Phi) is 3.86. The van der Waals surface area contributed by atoms with E-state index in [2.05, 4.69) is 27.5 Å². The highest BCUT2D eigenvalue weighted by atomic mass is 16.5. The van der Waals surface area contributed by atoms with Crippen molar-refractivity contribution in [2.75, 3.05) is 36.1 Å². The Bertz CT molecular complexity index is 403. The molecule has 0 aliphatic carbocycles. The van der Waals surface area contributed by atoms with Crippen molar-refractivity contribution in [1.82, 2.24) is 9.97 Å². The lowest BCUT2D eigenvalue weighted by atomic mass is 9.95. The van der Waals surface area contributed by atoms with Gasteiger partial charge in [-0.2, -0.15) is 9.97 Å². The van der Waals surface area contributed by atoms with Crippen LogP contribution in [0.1, 0.15) is 26.7 Å². The normalized spacial score (nSPS) is 23.7. The second-order valence-electron chi connectivity index (χ2n) is 4.87. The molecule has 6 nitrogen and oxygen atoms in total. The van der Waals surface area contributed by atoms with Crippen LogP contribution in [0.5, 0.6) is 0 Å². The molecule has 2 heterocycles. The number of nitrogens with zero attached hydrogens (tertiary/aromatic N) is 2. The van der Waals surface area contributed by atoms with Crippen LogP contribution in [0.2, 0.25) is 0 Å². The van der Waals surface area contributed by atoms with E-state index in [1.165, 1.54) is 0 Å². The first-order chi connectivity index (χ1) is 8.61. The summed E-state index contributed by atoms with van der Waals surface area (Å²) in [6.45, 7) is 6.48. The van der Waals surface area contributed by atoms with Crippen molar-refractivity contribution >= 4 is 17.6 Å². The van der Waals surface area contributed by atoms with Crippen molar-refractivity contribution in [3.63, 3.8) is 0 Å². The van der Waals surface area contributed by atoms with E-state index in [1.54, 1.807) is 0 Å². The number of ether oxygens (including phenoxy) is 1. The zero-order valence-corrected chi connectivity index (χ0v) is 11.0. The summed E-state index contributed by atoms with van der Waals surface area (Å²) in [6.07, 6.45) is 2.12. The smallest absolute Gasteiger partial charge is 0.223 e. The molecule has 0 spiro atoms. The minimum atomic E-state index is -0.0808. The molecule has 1 aromatic rings. The molecule has 18 heavy (non-hydrogen) atoms. The van der Waals surface area contributed by atoms with Crippen LogP contribution in [0.3, 0.4) is 0 Å². The summed E-state index contributed by atoms with van der Waals surface area (Å²) < 4.78 is 5.51. The SMILES string of the molecule is CCNc1cc(NC2(C)CCCOC2)nc(N)n1. The van der Waals surface area contributed by atoms with Crippen LogP contribution in [-0.4, -0.2) is 35.3 Å². The molecule has 100 valence electrons. The number of hydrogen-bond donors (Lipinski definition) is 3. The Morgan fingerprint density at radius 1 is 1.44 bits per heavy atom. The van der Waals surface area contributed by atoms with Gasteiger partial charge in [-0.1, -0.05) is 0 Å². The van der Waals surface area contributed by atoms with Crippen molar-refractivity contribution < 1.29 is 4.74 Å². The monoisotopic (exact) mass is 251 g/mol. The van der Waals surface area contributed by atoms with Gasteiger partial charge in [0.05, 0.1) is 12.1 Å². The van der Waals surface area contributed by atoms with Crippen molar-refractivity contribution in [2.24, 2.45) is 0 Å². The second-order valence-corrected chi connectivity index (χ2v) is 4.87. The molecule has 1 aliphatic heterocycles. The maximum Gasteiger partial charge on any atom is 0.223 e. The first-order valence-electron chi connectivity index (χ1n) is 6.36. The fourth-order valence-corrected chi connectivity index (χ4v) is 2.14. The summed E-state index contributed by atoms with van der Waals surface area (Å²) >= 11 is 0. The Balaban J connectivity index is 2.12. The molecule has 6 heteroatoms. The molecular formula is C12H21N5O. The van der Waals surface area contributed by atoms with E-state index in [9.17, 15) is 0 Å². The summed E-state index contributed by atoms with van der Waals surface area (Å²) in [4.78, 5) is 8.34. The van der Waals surface area contributed by atoms with Gasteiger partial charge < -0.3 is 21.1 Å². The van der Waals surface area contributed by atoms with Gasteiger partial charge in [-0.3, -0.25) is 0 Å². The van der Waals surface area contributed by atoms with Gasteiger partial charge in [-0.05, 0) is 26.7 Å².